The second-order valence-corrected chi connectivity index (χ2v) is 5.86. The lowest BCUT2D eigenvalue weighted by Gasteiger charge is -2.28. The first kappa shape index (κ1) is 11.1. The van der Waals surface area contributed by atoms with E-state index >= 15 is 0 Å². The third-order valence-electron chi connectivity index (χ3n) is 4.70. The van der Waals surface area contributed by atoms with Crippen LogP contribution in [-0.2, 0) is 0 Å². The molecule has 1 aliphatic carbocycles. The van der Waals surface area contributed by atoms with Crippen LogP contribution in [0.4, 0.5) is 0 Å². The third kappa shape index (κ3) is 1.61. The molecule has 0 amide bonds. The van der Waals surface area contributed by atoms with Crippen LogP contribution in [0.3, 0.4) is 0 Å². The Morgan fingerprint density at radius 2 is 2.11 bits per heavy atom. The van der Waals surface area contributed by atoms with Crippen molar-refractivity contribution in [2.45, 2.75) is 38.5 Å². The van der Waals surface area contributed by atoms with Crippen molar-refractivity contribution in [1.29, 1.82) is 0 Å². The predicted octanol–water partition coefficient (Wildman–Crippen LogP) is 4.11. The molecule has 3 aromatic rings. The van der Waals surface area contributed by atoms with E-state index in [9.17, 15) is 0 Å². The average molecular weight is 253 g/mol. The molecule has 19 heavy (non-hydrogen) atoms. The van der Waals surface area contributed by atoms with Crippen LogP contribution in [0.25, 0.3) is 16.7 Å². The highest BCUT2D eigenvalue weighted by Crippen LogP contribution is 2.38. The Bertz CT molecular complexity index is 722. The predicted molar refractivity (Wildman–Crippen MR) is 77.4 cm³/mol. The Balaban J connectivity index is 1.96. The van der Waals surface area contributed by atoms with Gasteiger partial charge in [0, 0.05) is 17.8 Å². The molecule has 0 radical (unpaired) electrons. The summed E-state index contributed by atoms with van der Waals surface area (Å²) in [5.41, 5.74) is 4.86. The van der Waals surface area contributed by atoms with Crippen molar-refractivity contribution in [3.05, 3.63) is 36.3 Å². The smallest absolute Gasteiger partial charge is 0.154 e. The SMILES string of the molecule is CC1CCCCC1c1ccc2cnc3[nH]ccc3n12. The first-order chi connectivity index (χ1) is 9.34. The fourth-order valence-corrected chi connectivity index (χ4v) is 3.66. The summed E-state index contributed by atoms with van der Waals surface area (Å²) in [6, 6.07) is 6.64. The fourth-order valence-electron chi connectivity index (χ4n) is 3.66. The lowest BCUT2D eigenvalue weighted by molar-refractivity contribution is 0.325. The van der Waals surface area contributed by atoms with Gasteiger partial charge < -0.3 is 9.38 Å². The van der Waals surface area contributed by atoms with Gasteiger partial charge in [0.15, 0.2) is 5.65 Å². The van der Waals surface area contributed by atoms with Crippen LogP contribution in [0.5, 0.6) is 0 Å². The van der Waals surface area contributed by atoms with Crippen LogP contribution in [0.2, 0.25) is 0 Å². The lowest BCUT2D eigenvalue weighted by Crippen LogP contribution is -2.16. The number of nitrogens with zero attached hydrogens (tertiary/aromatic N) is 2. The average Bonchev–Trinajstić information content (AvgIpc) is 3.04. The molecule has 0 aliphatic heterocycles. The molecule has 2 unspecified atom stereocenters. The molecule has 0 bridgehead atoms. The Morgan fingerprint density at radius 3 is 3.00 bits per heavy atom. The number of aromatic amines is 1. The van der Waals surface area contributed by atoms with Crippen molar-refractivity contribution in [2.75, 3.05) is 0 Å². The maximum atomic E-state index is 4.47. The van der Waals surface area contributed by atoms with Gasteiger partial charge in [-0.3, -0.25) is 0 Å². The molecule has 1 fully saturated rings. The van der Waals surface area contributed by atoms with Gasteiger partial charge in [-0.1, -0.05) is 26.2 Å². The number of H-pyrrole nitrogens is 1. The van der Waals surface area contributed by atoms with E-state index in [0.29, 0.717) is 5.92 Å². The molecule has 3 heteroatoms. The van der Waals surface area contributed by atoms with Crippen molar-refractivity contribution >= 4 is 16.7 Å². The van der Waals surface area contributed by atoms with E-state index in [2.05, 4.69) is 39.5 Å². The maximum Gasteiger partial charge on any atom is 0.154 e. The van der Waals surface area contributed by atoms with Crippen LogP contribution in [0.15, 0.2) is 30.6 Å². The maximum absolute atomic E-state index is 4.47. The summed E-state index contributed by atoms with van der Waals surface area (Å²) in [5.74, 6) is 1.48. The zero-order chi connectivity index (χ0) is 12.8. The van der Waals surface area contributed by atoms with Crippen molar-refractivity contribution in [2.24, 2.45) is 5.92 Å². The van der Waals surface area contributed by atoms with E-state index in [1.807, 2.05) is 12.4 Å². The molecule has 2 atom stereocenters. The number of hydrogen-bond donors (Lipinski definition) is 1. The fraction of sp³-hybridized carbons (Fsp3) is 0.438. The summed E-state index contributed by atoms with van der Waals surface area (Å²) in [7, 11) is 0. The molecular weight excluding hydrogens is 234 g/mol. The Hall–Kier alpha value is -1.77. The monoisotopic (exact) mass is 253 g/mol. The zero-order valence-corrected chi connectivity index (χ0v) is 11.3. The van der Waals surface area contributed by atoms with Gasteiger partial charge in [0.05, 0.1) is 17.2 Å². The topological polar surface area (TPSA) is 33.1 Å². The second-order valence-electron chi connectivity index (χ2n) is 5.86. The Morgan fingerprint density at radius 1 is 1.21 bits per heavy atom. The summed E-state index contributed by atoms with van der Waals surface area (Å²) in [6.45, 7) is 2.40. The van der Waals surface area contributed by atoms with Gasteiger partial charge >= 0.3 is 0 Å². The van der Waals surface area contributed by atoms with Crippen LogP contribution < -0.4 is 0 Å². The van der Waals surface area contributed by atoms with E-state index in [0.717, 1.165) is 11.6 Å². The van der Waals surface area contributed by atoms with Crippen molar-refractivity contribution in [3.8, 4) is 0 Å². The molecule has 4 rings (SSSR count). The van der Waals surface area contributed by atoms with Gasteiger partial charge in [-0.25, -0.2) is 4.98 Å². The number of nitrogens with one attached hydrogen (secondary N) is 1. The van der Waals surface area contributed by atoms with Gasteiger partial charge in [0.2, 0.25) is 0 Å². The minimum atomic E-state index is 0.691. The van der Waals surface area contributed by atoms with Crippen LogP contribution in [0.1, 0.15) is 44.2 Å². The summed E-state index contributed by atoms with van der Waals surface area (Å²) >= 11 is 0. The van der Waals surface area contributed by atoms with Crippen molar-refractivity contribution < 1.29 is 0 Å². The normalized spacial score (nSPS) is 24.3. The van der Waals surface area contributed by atoms with Gasteiger partial charge in [0.1, 0.15) is 0 Å². The Kier molecular flexibility index (Phi) is 2.40. The minimum absolute atomic E-state index is 0.691. The van der Waals surface area contributed by atoms with Crippen LogP contribution in [0, 0.1) is 5.92 Å². The minimum Gasteiger partial charge on any atom is -0.345 e. The second kappa shape index (κ2) is 4.12. The van der Waals surface area contributed by atoms with Crippen LogP contribution in [-0.4, -0.2) is 14.4 Å². The zero-order valence-electron chi connectivity index (χ0n) is 11.3. The standard InChI is InChI=1S/C16H19N3/c1-11-4-2-3-5-13(11)14-7-6-12-10-18-16-15(19(12)14)8-9-17-16/h6-11,13,17H,2-5H2,1H3. The highest BCUT2D eigenvalue weighted by atomic mass is 15.0. The highest BCUT2D eigenvalue weighted by Gasteiger charge is 2.25. The molecule has 3 nitrogen and oxygen atoms in total. The molecule has 0 spiro atoms. The Labute approximate surface area is 112 Å². The first-order valence-corrected chi connectivity index (χ1v) is 7.28. The molecule has 98 valence electrons. The summed E-state index contributed by atoms with van der Waals surface area (Å²) in [5, 5.41) is 0. The summed E-state index contributed by atoms with van der Waals surface area (Å²) in [4.78, 5) is 7.68. The molecular formula is C16H19N3. The molecule has 1 saturated carbocycles. The number of hydrogen-bond acceptors (Lipinski definition) is 1. The largest absolute Gasteiger partial charge is 0.345 e. The molecule has 3 aromatic heterocycles. The molecule has 3 heterocycles. The van der Waals surface area contributed by atoms with Gasteiger partial charge in [-0.05, 0) is 30.5 Å². The van der Waals surface area contributed by atoms with E-state index in [1.165, 1.54) is 42.4 Å². The number of rotatable bonds is 1. The highest BCUT2D eigenvalue weighted by molar-refractivity contribution is 5.76. The number of aromatic nitrogens is 3. The molecule has 1 N–H and O–H groups in total. The van der Waals surface area contributed by atoms with Crippen LogP contribution >= 0.6 is 0 Å². The van der Waals surface area contributed by atoms with E-state index in [4.69, 9.17) is 0 Å². The first-order valence-electron chi connectivity index (χ1n) is 7.28. The van der Waals surface area contributed by atoms with Crippen molar-refractivity contribution in [3.63, 3.8) is 0 Å². The summed E-state index contributed by atoms with van der Waals surface area (Å²) < 4.78 is 2.39. The van der Waals surface area contributed by atoms with Gasteiger partial charge in [0.25, 0.3) is 0 Å². The van der Waals surface area contributed by atoms with E-state index < -0.39 is 0 Å². The summed E-state index contributed by atoms with van der Waals surface area (Å²) in [6.07, 6.45) is 9.38. The lowest BCUT2D eigenvalue weighted by atomic mass is 9.78. The van der Waals surface area contributed by atoms with E-state index in [-0.39, 0.29) is 0 Å². The quantitative estimate of drug-likeness (QED) is 0.695. The van der Waals surface area contributed by atoms with Gasteiger partial charge in [-0.2, -0.15) is 0 Å². The molecule has 1 aliphatic rings. The van der Waals surface area contributed by atoms with E-state index in [1.54, 1.807) is 0 Å². The molecule has 0 saturated heterocycles. The molecule has 0 aromatic carbocycles. The third-order valence-corrected chi connectivity index (χ3v) is 4.70. The number of fused-ring (bicyclic) bond motifs is 3. The van der Waals surface area contributed by atoms with Crippen molar-refractivity contribution in [1.82, 2.24) is 14.4 Å². The van der Waals surface area contributed by atoms with Gasteiger partial charge in [-0.15, -0.1) is 0 Å².